The van der Waals surface area contributed by atoms with Crippen LogP contribution < -0.4 is 0 Å². The molecule has 0 unspecified atom stereocenters. The van der Waals surface area contributed by atoms with Crippen molar-refractivity contribution < 1.29 is 9.32 Å². The Morgan fingerprint density at radius 2 is 1.96 bits per heavy atom. The third kappa shape index (κ3) is 4.60. The molecular formula is C19H22N6O2S. The van der Waals surface area contributed by atoms with Crippen LogP contribution in [0.5, 0.6) is 0 Å². The summed E-state index contributed by atoms with van der Waals surface area (Å²) in [7, 11) is 0. The molecule has 146 valence electrons. The van der Waals surface area contributed by atoms with E-state index in [1.807, 2.05) is 24.0 Å². The molecule has 1 amide bonds. The smallest absolute Gasteiger partial charge is 0.227 e. The standard InChI is InChI=1S/C19H22N6O2S/c1-14-21-16(13-28-14)12-24-8-10-25(11-9-24)18(26)3-2-17-22-19(23-27-17)15-4-6-20-7-5-15/h4-7,13H,2-3,8-12H2,1H3. The van der Waals surface area contributed by atoms with Crippen molar-refractivity contribution in [1.29, 1.82) is 0 Å². The highest BCUT2D eigenvalue weighted by Gasteiger charge is 2.22. The average Bonchev–Trinajstić information content (AvgIpc) is 3.36. The first-order valence-electron chi connectivity index (χ1n) is 9.31. The van der Waals surface area contributed by atoms with Crippen molar-refractivity contribution in [3.63, 3.8) is 0 Å². The first-order chi connectivity index (χ1) is 13.7. The van der Waals surface area contributed by atoms with Crippen molar-refractivity contribution in [1.82, 2.24) is 29.9 Å². The lowest BCUT2D eigenvalue weighted by molar-refractivity contribution is -0.133. The second kappa shape index (κ2) is 8.57. The Morgan fingerprint density at radius 3 is 2.68 bits per heavy atom. The van der Waals surface area contributed by atoms with Gasteiger partial charge in [-0.1, -0.05) is 5.16 Å². The lowest BCUT2D eigenvalue weighted by atomic mass is 10.2. The van der Waals surface area contributed by atoms with E-state index >= 15 is 0 Å². The Morgan fingerprint density at radius 1 is 1.18 bits per heavy atom. The molecule has 1 aliphatic rings. The Kier molecular flexibility index (Phi) is 5.73. The molecule has 3 aromatic heterocycles. The van der Waals surface area contributed by atoms with Crippen LogP contribution in [0.2, 0.25) is 0 Å². The second-order valence-electron chi connectivity index (χ2n) is 6.76. The minimum atomic E-state index is 0.132. The lowest BCUT2D eigenvalue weighted by Crippen LogP contribution is -2.48. The number of hydrogen-bond acceptors (Lipinski definition) is 8. The minimum Gasteiger partial charge on any atom is -0.340 e. The summed E-state index contributed by atoms with van der Waals surface area (Å²) in [5.74, 6) is 1.14. The van der Waals surface area contributed by atoms with Gasteiger partial charge in [-0.3, -0.25) is 14.7 Å². The summed E-state index contributed by atoms with van der Waals surface area (Å²) in [4.78, 5) is 29.6. The van der Waals surface area contributed by atoms with Gasteiger partial charge in [0.15, 0.2) is 0 Å². The van der Waals surface area contributed by atoms with Crippen molar-refractivity contribution in [2.24, 2.45) is 0 Å². The average molecular weight is 398 g/mol. The number of amides is 1. The molecule has 0 aromatic carbocycles. The van der Waals surface area contributed by atoms with E-state index < -0.39 is 0 Å². The van der Waals surface area contributed by atoms with E-state index in [2.05, 4.69) is 30.4 Å². The first kappa shape index (κ1) is 18.7. The van der Waals surface area contributed by atoms with Crippen molar-refractivity contribution >= 4 is 17.2 Å². The number of pyridine rings is 1. The third-order valence-corrected chi connectivity index (χ3v) is 5.56. The maximum Gasteiger partial charge on any atom is 0.227 e. The maximum atomic E-state index is 12.5. The number of piperazine rings is 1. The van der Waals surface area contributed by atoms with Crippen LogP contribution in [0.25, 0.3) is 11.4 Å². The number of nitrogens with zero attached hydrogens (tertiary/aromatic N) is 6. The fourth-order valence-corrected chi connectivity index (χ4v) is 3.82. The quantitative estimate of drug-likeness (QED) is 0.629. The fourth-order valence-electron chi connectivity index (χ4n) is 3.21. The van der Waals surface area contributed by atoms with Gasteiger partial charge in [-0.15, -0.1) is 11.3 Å². The highest BCUT2D eigenvalue weighted by atomic mass is 32.1. The number of carbonyl (C=O) groups is 1. The minimum absolute atomic E-state index is 0.132. The summed E-state index contributed by atoms with van der Waals surface area (Å²) in [5, 5.41) is 7.18. The number of aryl methyl sites for hydroxylation is 2. The van der Waals surface area contributed by atoms with E-state index in [1.54, 1.807) is 23.7 Å². The monoisotopic (exact) mass is 398 g/mol. The molecule has 0 bridgehead atoms. The zero-order valence-electron chi connectivity index (χ0n) is 15.7. The fraction of sp³-hybridized carbons (Fsp3) is 0.421. The Labute approximate surface area is 167 Å². The molecule has 0 spiro atoms. The Bertz CT molecular complexity index is 917. The predicted octanol–water partition coefficient (Wildman–Crippen LogP) is 2.17. The first-order valence-corrected chi connectivity index (χ1v) is 10.2. The molecule has 4 heterocycles. The van der Waals surface area contributed by atoms with Crippen LogP contribution >= 0.6 is 11.3 Å². The SMILES string of the molecule is Cc1nc(CN2CCN(C(=O)CCc3nc(-c4ccncc4)no3)CC2)cs1. The van der Waals surface area contributed by atoms with Crippen LogP contribution in [0.4, 0.5) is 0 Å². The number of carbonyl (C=O) groups excluding carboxylic acids is 1. The molecule has 9 heteroatoms. The molecule has 0 saturated carbocycles. The van der Waals surface area contributed by atoms with E-state index in [-0.39, 0.29) is 5.91 Å². The van der Waals surface area contributed by atoms with Crippen LogP contribution in [-0.2, 0) is 17.8 Å². The van der Waals surface area contributed by atoms with Crippen molar-refractivity contribution in [3.05, 3.63) is 46.5 Å². The number of aromatic nitrogens is 4. The number of thiazole rings is 1. The summed E-state index contributed by atoms with van der Waals surface area (Å²) in [6.07, 6.45) is 4.20. The van der Waals surface area contributed by atoms with Gasteiger partial charge in [-0.25, -0.2) is 4.98 Å². The van der Waals surface area contributed by atoms with Crippen molar-refractivity contribution in [2.45, 2.75) is 26.3 Å². The number of rotatable bonds is 6. The predicted molar refractivity (Wildman–Crippen MR) is 105 cm³/mol. The van der Waals surface area contributed by atoms with Gasteiger partial charge in [0, 0.05) is 68.9 Å². The largest absolute Gasteiger partial charge is 0.340 e. The van der Waals surface area contributed by atoms with E-state index in [0.29, 0.717) is 24.6 Å². The Hall–Kier alpha value is -2.65. The van der Waals surface area contributed by atoms with E-state index in [4.69, 9.17) is 4.52 Å². The summed E-state index contributed by atoms with van der Waals surface area (Å²) in [5.41, 5.74) is 1.96. The van der Waals surface area contributed by atoms with Crippen LogP contribution in [-0.4, -0.2) is 62.0 Å². The van der Waals surface area contributed by atoms with Crippen molar-refractivity contribution in [2.75, 3.05) is 26.2 Å². The lowest BCUT2D eigenvalue weighted by Gasteiger charge is -2.34. The molecule has 1 aliphatic heterocycles. The van der Waals surface area contributed by atoms with Gasteiger partial charge in [-0.2, -0.15) is 4.98 Å². The molecule has 0 N–H and O–H groups in total. The Balaban J connectivity index is 1.23. The van der Waals surface area contributed by atoms with Gasteiger partial charge < -0.3 is 9.42 Å². The van der Waals surface area contributed by atoms with Gasteiger partial charge >= 0.3 is 0 Å². The van der Waals surface area contributed by atoms with Gasteiger partial charge in [0.25, 0.3) is 0 Å². The van der Waals surface area contributed by atoms with E-state index in [9.17, 15) is 4.79 Å². The topological polar surface area (TPSA) is 88.3 Å². The van der Waals surface area contributed by atoms with Crippen LogP contribution in [0.1, 0.15) is 23.0 Å². The molecule has 0 atom stereocenters. The van der Waals surface area contributed by atoms with Crippen LogP contribution in [0, 0.1) is 6.92 Å². The summed E-state index contributed by atoms with van der Waals surface area (Å²) < 4.78 is 5.28. The zero-order valence-corrected chi connectivity index (χ0v) is 16.6. The summed E-state index contributed by atoms with van der Waals surface area (Å²) in [6.45, 7) is 6.10. The summed E-state index contributed by atoms with van der Waals surface area (Å²) in [6, 6.07) is 3.65. The van der Waals surface area contributed by atoms with E-state index in [0.717, 1.165) is 49.0 Å². The second-order valence-corrected chi connectivity index (χ2v) is 7.82. The van der Waals surface area contributed by atoms with Crippen molar-refractivity contribution in [3.8, 4) is 11.4 Å². The molecule has 1 saturated heterocycles. The normalized spacial score (nSPS) is 15.1. The van der Waals surface area contributed by atoms with Gasteiger partial charge in [-0.05, 0) is 19.1 Å². The molecule has 0 radical (unpaired) electrons. The summed E-state index contributed by atoms with van der Waals surface area (Å²) >= 11 is 1.68. The molecule has 8 nitrogen and oxygen atoms in total. The number of hydrogen-bond donors (Lipinski definition) is 0. The molecular weight excluding hydrogens is 376 g/mol. The van der Waals surface area contributed by atoms with E-state index in [1.165, 1.54) is 0 Å². The van der Waals surface area contributed by atoms with Gasteiger partial charge in [0.1, 0.15) is 0 Å². The molecule has 4 rings (SSSR count). The molecule has 28 heavy (non-hydrogen) atoms. The molecule has 1 fully saturated rings. The third-order valence-electron chi connectivity index (χ3n) is 4.74. The van der Waals surface area contributed by atoms with Gasteiger partial charge in [0.05, 0.1) is 10.7 Å². The highest BCUT2D eigenvalue weighted by Crippen LogP contribution is 2.16. The molecule has 0 aliphatic carbocycles. The van der Waals surface area contributed by atoms with Gasteiger partial charge in [0.2, 0.25) is 17.6 Å². The van der Waals surface area contributed by atoms with Crippen LogP contribution in [0.15, 0.2) is 34.4 Å². The maximum absolute atomic E-state index is 12.5. The van der Waals surface area contributed by atoms with Crippen LogP contribution in [0.3, 0.4) is 0 Å². The molecule has 3 aromatic rings. The zero-order chi connectivity index (χ0) is 19.3. The highest BCUT2D eigenvalue weighted by molar-refractivity contribution is 7.09.